The minimum absolute atomic E-state index is 0.0383. The van der Waals surface area contributed by atoms with Gasteiger partial charge in [0.05, 0.1) is 11.9 Å². The molecule has 0 unspecified atom stereocenters. The lowest BCUT2D eigenvalue weighted by molar-refractivity contribution is -0.116. The number of anilines is 4. The van der Waals surface area contributed by atoms with Crippen LogP contribution in [0.1, 0.15) is 40.0 Å². The topological polar surface area (TPSA) is 57.3 Å². The Bertz CT molecular complexity index is 648. The molecule has 0 spiro atoms. The van der Waals surface area contributed by atoms with E-state index in [2.05, 4.69) is 65.6 Å². The second-order valence-electron chi connectivity index (χ2n) is 5.93. The van der Waals surface area contributed by atoms with E-state index in [4.69, 9.17) is 0 Å². The van der Waals surface area contributed by atoms with Crippen molar-refractivity contribution in [2.75, 3.05) is 28.6 Å². The van der Waals surface area contributed by atoms with Crippen molar-refractivity contribution in [3.8, 4) is 0 Å². The molecule has 0 bridgehead atoms. The van der Waals surface area contributed by atoms with Crippen LogP contribution in [0.25, 0.3) is 0 Å². The van der Waals surface area contributed by atoms with Gasteiger partial charge in [-0.05, 0) is 56.7 Å². The highest BCUT2D eigenvalue weighted by Crippen LogP contribution is 2.21. The minimum Gasteiger partial charge on any atom is -0.372 e. The molecule has 0 saturated carbocycles. The lowest BCUT2D eigenvalue weighted by atomic mass is 10.2. The molecule has 0 aliphatic rings. The molecule has 134 valence electrons. The molecule has 1 amide bonds. The summed E-state index contributed by atoms with van der Waals surface area (Å²) >= 11 is 0. The van der Waals surface area contributed by atoms with Crippen LogP contribution < -0.4 is 15.5 Å². The quantitative estimate of drug-likeness (QED) is 0.688. The maximum Gasteiger partial charge on any atom is 0.224 e. The van der Waals surface area contributed by atoms with Crippen molar-refractivity contribution in [2.24, 2.45) is 0 Å². The molecule has 0 aliphatic heterocycles. The van der Waals surface area contributed by atoms with Crippen molar-refractivity contribution >= 4 is 28.8 Å². The molecule has 0 fully saturated rings. The number of nitrogens with zero attached hydrogens (tertiary/aromatic N) is 2. The Labute approximate surface area is 150 Å². The number of rotatable bonds is 9. The van der Waals surface area contributed by atoms with Gasteiger partial charge >= 0.3 is 0 Å². The van der Waals surface area contributed by atoms with Crippen molar-refractivity contribution in [2.45, 2.75) is 40.0 Å². The fraction of sp³-hybridized carbons (Fsp3) is 0.400. The monoisotopic (exact) mass is 340 g/mol. The van der Waals surface area contributed by atoms with Gasteiger partial charge < -0.3 is 15.5 Å². The van der Waals surface area contributed by atoms with Crippen LogP contribution in [0.15, 0.2) is 42.6 Å². The van der Waals surface area contributed by atoms with Crippen molar-refractivity contribution in [1.82, 2.24) is 4.98 Å². The van der Waals surface area contributed by atoms with Gasteiger partial charge in [-0.2, -0.15) is 0 Å². The Morgan fingerprint density at radius 3 is 2.24 bits per heavy atom. The van der Waals surface area contributed by atoms with E-state index in [0.29, 0.717) is 6.42 Å². The number of nitrogens with one attached hydrogen (secondary N) is 2. The average molecular weight is 340 g/mol. The summed E-state index contributed by atoms with van der Waals surface area (Å²) < 4.78 is 0. The molecule has 0 radical (unpaired) electrons. The number of pyridine rings is 1. The smallest absolute Gasteiger partial charge is 0.224 e. The Kier molecular flexibility index (Phi) is 7.26. The second kappa shape index (κ2) is 9.67. The van der Waals surface area contributed by atoms with Gasteiger partial charge in [-0.25, -0.2) is 4.98 Å². The van der Waals surface area contributed by atoms with Crippen molar-refractivity contribution in [3.63, 3.8) is 0 Å². The van der Waals surface area contributed by atoms with E-state index in [1.54, 1.807) is 6.20 Å². The molecule has 2 aromatic rings. The van der Waals surface area contributed by atoms with E-state index in [1.807, 2.05) is 12.1 Å². The van der Waals surface area contributed by atoms with Gasteiger partial charge in [0.2, 0.25) is 5.91 Å². The van der Waals surface area contributed by atoms with E-state index in [1.165, 1.54) is 5.69 Å². The summed E-state index contributed by atoms with van der Waals surface area (Å²) in [6, 6.07) is 12.1. The molecule has 5 nitrogen and oxygen atoms in total. The summed E-state index contributed by atoms with van der Waals surface area (Å²) in [5.41, 5.74) is 2.93. The number of carbonyl (C=O) groups excluding carboxylic acids is 1. The predicted octanol–water partition coefficient (Wildman–Crippen LogP) is 4.80. The van der Waals surface area contributed by atoms with Crippen molar-refractivity contribution in [1.29, 1.82) is 0 Å². The first-order chi connectivity index (χ1) is 12.2. The normalized spacial score (nSPS) is 10.4. The van der Waals surface area contributed by atoms with Crippen LogP contribution >= 0.6 is 0 Å². The average Bonchev–Trinajstić information content (AvgIpc) is 2.64. The summed E-state index contributed by atoms with van der Waals surface area (Å²) in [6.45, 7) is 8.38. The van der Waals surface area contributed by atoms with Crippen molar-refractivity contribution < 1.29 is 4.79 Å². The standard InChI is InChI=1S/C20H28N4O/c1-4-7-8-20(25)23-17-11-14-19(21-15-17)22-16-9-12-18(13-10-16)24(5-2)6-3/h9-15H,4-8H2,1-3H3,(H,21,22)(H,23,25). The summed E-state index contributed by atoms with van der Waals surface area (Å²) in [7, 11) is 0. The van der Waals surface area contributed by atoms with Crippen LogP contribution in [-0.4, -0.2) is 24.0 Å². The molecule has 25 heavy (non-hydrogen) atoms. The first-order valence-corrected chi connectivity index (χ1v) is 9.04. The molecule has 1 aromatic heterocycles. The number of hydrogen-bond acceptors (Lipinski definition) is 4. The van der Waals surface area contributed by atoms with E-state index in [-0.39, 0.29) is 5.91 Å². The number of unbranched alkanes of at least 4 members (excludes halogenated alkanes) is 1. The van der Waals surface area contributed by atoms with Gasteiger partial charge in [0.15, 0.2) is 0 Å². The predicted molar refractivity (Wildman–Crippen MR) is 106 cm³/mol. The fourth-order valence-corrected chi connectivity index (χ4v) is 2.59. The molecular formula is C20H28N4O. The van der Waals surface area contributed by atoms with Gasteiger partial charge in [0, 0.05) is 30.9 Å². The Morgan fingerprint density at radius 1 is 1.00 bits per heavy atom. The molecule has 2 N–H and O–H groups in total. The summed E-state index contributed by atoms with van der Waals surface area (Å²) in [5.74, 6) is 0.790. The van der Waals surface area contributed by atoms with Crippen LogP contribution in [-0.2, 0) is 4.79 Å². The van der Waals surface area contributed by atoms with Crippen LogP contribution in [0.3, 0.4) is 0 Å². The summed E-state index contributed by atoms with van der Waals surface area (Å²) in [4.78, 5) is 18.4. The van der Waals surface area contributed by atoms with Crippen LogP contribution in [0, 0.1) is 0 Å². The zero-order chi connectivity index (χ0) is 18.1. The Morgan fingerprint density at radius 2 is 1.68 bits per heavy atom. The third kappa shape index (κ3) is 5.78. The molecule has 5 heteroatoms. The molecule has 0 aliphatic carbocycles. The number of carbonyl (C=O) groups is 1. The van der Waals surface area contributed by atoms with Gasteiger partial charge in [-0.3, -0.25) is 4.79 Å². The third-order valence-electron chi connectivity index (χ3n) is 4.07. The van der Waals surface area contributed by atoms with Gasteiger partial charge in [-0.15, -0.1) is 0 Å². The zero-order valence-corrected chi connectivity index (χ0v) is 15.4. The first kappa shape index (κ1) is 18.8. The molecule has 0 atom stereocenters. The number of aromatic nitrogens is 1. The van der Waals surface area contributed by atoms with E-state index >= 15 is 0 Å². The fourth-order valence-electron chi connectivity index (χ4n) is 2.59. The Balaban J connectivity index is 1.93. The highest BCUT2D eigenvalue weighted by Gasteiger charge is 2.04. The van der Waals surface area contributed by atoms with E-state index < -0.39 is 0 Å². The number of benzene rings is 1. The lowest BCUT2D eigenvalue weighted by Crippen LogP contribution is -2.21. The molecule has 2 rings (SSSR count). The van der Waals surface area contributed by atoms with Gasteiger partial charge in [0.25, 0.3) is 0 Å². The number of hydrogen-bond donors (Lipinski definition) is 2. The molecule has 1 heterocycles. The van der Waals surface area contributed by atoms with Crippen LogP contribution in [0.5, 0.6) is 0 Å². The third-order valence-corrected chi connectivity index (χ3v) is 4.07. The minimum atomic E-state index is 0.0383. The SMILES string of the molecule is CCCCC(=O)Nc1ccc(Nc2ccc(N(CC)CC)cc2)nc1. The molecule has 1 aromatic carbocycles. The second-order valence-corrected chi connectivity index (χ2v) is 5.93. The zero-order valence-electron chi connectivity index (χ0n) is 15.4. The van der Waals surface area contributed by atoms with Crippen molar-refractivity contribution in [3.05, 3.63) is 42.6 Å². The highest BCUT2D eigenvalue weighted by atomic mass is 16.1. The summed E-state index contributed by atoms with van der Waals surface area (Å²) in [6.07, 6.45) is 4.15. The first-order valence-electron chi connectivity index (χ1n) is 9.04. The summed E-state index contributed by atoms with van der Waals surface area (Å²) in [5, 5.41) is 6.14. The maximum absolute atomic E-state index is 11.7. The van der Waals surface area contributed by atoms with Gasteiger partial charge in [-0.1, -0.05) is 13.3 Å². The van der Waals surface area contributed by atoms with E-state index in [9.17, 15) is 4.79 Å². The highest BCUT2D eigenvalue weighted by molar-refractivity contribution is 5.90. The maximum atomic E-state index is 11.7. The van der Waals surface area contributed by atoms with E-state index in [0.717, 1.165) is 43.1 Å². The molecule has 0 saturated heterocycles. The molecular weight excluding hydrogens is 312 g/mol. The number of amides is 1. The lowest BCUT2D eigenvalue weighted by Gasteiger charge is -2.21. The van der Waals surface area contributed by atoms with Crippen LogP contribution in [0.2, 0.25) is 0 Å². The Hall–Kier alpha value is -2.56. The van der Waals surface area contributed by atoms with Crippen LogP contribution in [0.4, 0.5) is 22.9 Å². The largest absolute Gasteiger partial charge is 0.372 e. The van der Waals surface area contributed by atoms with Gasteiger partial charge in [0.1, 0.15) is 5.82 Å².